The highest BCUT2D eigenvalue weighted by Crippen LogP contribution is 2.26. The Bertz CT molecular complexity index is 646. The van der Waals surface area contributed by atoms with Gasteiger partial charge in [-0.05, 0) is 41.1 Å². The number of aryl methyl sites for hydroxylation is 1. The Hall–Kier alpha value is -1.95. The van der Waals surface area contributed by atoms with Crippen molar-refractivity contribution in [2.75, 3.05) is 0 Å². The van der Waals surface area contributed by atoms with Gasteiger partial charge >= 0.3 is 5.97 Å². The molecule has 6 heteroatoms. The quantitative estimate of drug-likeness (QED) is 0.932. The molecule has 0 saturated heterocycles. The van der Waals surface area contributed by atoms with Gasteiger partial charge in [0.15, 0.2) is 0 Å². The molecule has 1 heterocycles. The molecule has 2 rings (SSSR count). The van der Waals surface area contributed by atoms with Crippen molar-refractivity contribution in [3.63, 3.8) is 0 Å². The predicted molar refractivity (Wildman–Crippen MR) is 70.1 cm³/mol. The summed E-state index contributed by atoms with van der Waals surface area (Å²) in [4.78, 5) is 14.7. The fourth-order valence-corrected chi connectivity index (χ4v) is 1.68. The fraction of sp³-hybridized carbons (Fsp3) is 0.0769. The van der Waals surface area contributed by atoms with Crippen LogP contribution < -0.4 is 4.74 Å². The minimum atomic E-state index is -1.06. The Morgan fingerprint density at radius 1 is 1.42 bits per heavy atom. The lowest BCUT2D eigenvalue weighted by molar-refractivity contribution is 0.0696. The maximum Gasteiger partial charge on any atom is 0.337 e. The van der Waals surface area contributed by atoms with Crippen molar-refractivity contribution in [3.8, 4) is 11.6 Å². The van der Waals surface area contributed by atoms with E-state index < -0.39 is 11.8 Å². The molecular weight excluding hydrogens is 317 g/mol. The first-order chi connectivity index (χ1) is 8.97. The third-order valence-electron chi connectivity index (χ3n) is 2.38. The first kappa shape index (κ1) is 13.5. The Balaban J connectivity index is 2.28. The normalized spacial score (nSPS) is 10.3. The average Bonchev–Trinajstić information content (AvgIpc) is 2.36. The molecule has 0 atom stereocenters. The highest BCUT2D eigenvalue weighted by molar-refractivity contribution is 9.10. The van der Waals surface area contributed by atoms with Crippen LogP contribution in [0.5, 0.6) is 11.6 Å². The van der Waals surface area contributed by atoms with Crippen LogP contribution in [0, 0.1) is 12.7 Å². The summed E-state index contributed by atoms with van der Waals surface area (Å²) in [5.74, 6) is -0.972. The van der Waals surface area contributed by atoms with Gasteiger partial charge < -0.3 is 9.84 Å². The number of nitrogens with zero attached hydrogens (tertiary/aromatic N) is 1. The summed E-state index contributed by atoms with van der Waals surface area (Å²) in [6.07, 6.45) is 1.19. The molecular formula is C13H9BrFNO3. The molecule has 0 spiro atoms. The molecule has 1 aromatic heterocycles. The third-order valence-corrected chi connectivity index (χ3v) is 3.03. The minimum absolute atomic E-state index is 0.0758. The van der Waals surface area contributed by atoms with Crippen molar-refractivity contribution in [2.45, 2.75) is 6.92 Å². The van der Waals surface area contributed by atoms with Gasteiger partial charge in [-0.25, -0.2) is 14.2 Å². The lowest BCUT2D eigenvalue weighted by Crippen LogP contribution is -2.00. The van der Waals surface area contributed by atoms with E-state index in [1.54, 1.807) is 13.0 Å². The van der Waals surface area contributed by atoms with Crippen molar-refractivity contribution in [1.29, 1.82) is 0 Å². The van der Waals surface area contributed by atoms with E-state index in [1.165, 1.54) is 24.4 Å². The van der Waals surface area contributed by atoms with Crippen LogP contribution >= 0.6 is 15.9 Å². The molecule has 19 heavy (non-hydrogen) atoms. The molecule has 0 radical (unpaired) electrons. The molecule has 0 amide bonds. The number of hydrogen-bond donors (Lipinski definition) is 1. The number of carboxylic acid groups (broad SMARTS) is 1. The van der Waals surface area contributed by atoms with Gasteiger partial charge in [0.2, 0.25) is 5.88 Å². The van der Waals surface area contributed by atoms with Crippen molar-refractivity contribution in [1.82, 2.24) is 4.98 Å². The van der Waals surface area contributed by atoms with Crippen LogP contribution in [0.1, 0.15) is 15.9 Å². The van der Waals surface area contributed by atoms with E-state index in [0.29, 0.717) is 15.8 Å². The van der Waals surface area contributed by atoms with Crippen LogP contribution in [0.15, 0.2) is 34.9 Å². The number of aromatic nitrogens is 1. The average molecular weight is 326 g/mol. The molecule has 4 nitrogen and oxygen atoms in total. The van der Waals surface area contributed by atoms with Gasteiger partial charge in [-0.15, -0.1) is 0 Å². The predicted octanol–water partition coefficient (Wildman–Crippen LogP) is 3.78. The molecule has 0 aliphatic rings. The van der Waals surface area contributed by atoms with Crippen molar-refractivity contribution >= 4 is 21.9 Å². The summed E-state index contributed by atoms with van der Waals surface area (Å²) in [6, 6.07) is 5.77. The van der Waals surface area contributed by atoms with Gasteiger partial charge in [0.05, 0.1) is 10.0 Å². The van der Waals surface area contributed by atoms with Gasteiger partial charge in [0.25, 0.3) is 0 Å². The van der Waals surface area contributed by atoms with E-state index in [0.717, 1.165) is 0 Å². The van der Waals surface area contributed by atoms with Gasteiger partial charge in [0.1, 0.15) is 11.6 Å². The van der Waals surface area contributed by atoms with Crippen LogP contribution in [0.25, 0.3) is 0 Å². The lowest BCUT2D eigenvalue weighted by atomic mass is 10.2. The second-order valence-electron chi connectivity index (χ2n) is 3.83. The summed E-state index contributed by atoms with van der Waals surface area (Å²) < 4.78 is 19.1. The summed E-state index contributed by atoms with van der Waals surface area (Å²) in [6.45, 7) is 1.67. The number of hydrogen-bond acceptors (Lipinski definition) is 3. The maximum absolute atomic E-state index is 13.3. The highest BCUT2D eigenvalue weighted by Gasteiger charge is 2.09. The topological polar surface area (TPSA) is 59.4 Å². The Morgan fingerprint density at radius 3 is 2.74 bits per heavy atom. The number of rotatable bonds is 3. The summed E-state index contributed by atoms with van der Waals surface area (Å²) in [7, 11) is 0. The molecule has 1 N–H and O–H groups in total. The molecule has 98 valence electrons. The van der Waals surface area contributed by atoms with Crippen LogP contribution in [0.2, 0.25) is 0 Å². The Labute approximate surface area is 117 Å². The number of carbonyl (C=O) groups is 1. The van der Waals surface area contributed by atoms with Crippen molar-refractivity contribution in [2.24, 2.45) is 0 Å². The molecule has 0 saturated carbocycles. The first-order valence-corrected chi connectivity index (χ1v) is 6.09. The fourth-order valence-electron chi connectivity index (χ4n) is 1.44. The second kappa shape index (κ2) is 5.36. The number of halogens is 2. The number of pyridine rings is 1. The van der Waals surface area contributed by atoms with E-state index in [2.05, 4.69) is 20.9 Å². The van der Waals surface area contributed by atoms with Crippen LogP contribution in [-0.4, -0.2) is 16.1 Å². The Kier molecular flexibility index (Phi) is 3.80. The van der Waals surface area contributed by atoms with Gasteiger partial charge in [-0.3, -0.25) is 0 Å². The zero-order chi connectivity index (χ0) is 14.0. The molecule has 0 aliphatic carbocycles. The first-order valence-electron chi connectivity index (χ1n) is 5.30. The smallest absolute Gasteiger partial charge is 0.337 e. The van der Waals surface area contributed by atoms with Gasteiger partial charge in [-0.1, -0.05) is 0 Å². The van der Waals surface area contributed by atoms with E-state index in [9.17, 15) is 9.18 Å². The molecule has 0 fully saturated rings. The zero-order valence-electron chi connectivity index (χ0n) is 9.85. The van der Waals surface area contributed by atoms with Crippen LogP contribution in [0.4, 0.5) is 4.39 Å². The number of aromatic carboxylic acids is 1. The monoisotopic (exact) mass is 325 g/mol. The van der Waals surface area contributed by atoms with E-state index >= 15 is 0 Å². The standard InChI is InChI=1S/C13H9BrFNO3/c1-7-4-8(13(17)18)6-16-12(7)19-9-2-3-10(14)11(15)5-9/h2-6H,1H3,(H,17,18). The highest BCUT2D eigenvalue weighted by atomic mass is 79.9. The van der Waals surface area contributed by atoms with E-state index in [1.807, 2.05) is 0 Å². The van der Waals surface area contributed by atoms with Crippen molar-refractivity contribution in [3.05, 3.63) is 51.9 Å². The molecule has 1 aromatic carbocycles. The van der Waals surface area contributed by atoms with E-state index in [-0.39, 0.29) is 11.4 Å². The molecule has 2 aromatic rings. The third kappa shape index (κ3) is 3.08. The summed E-state index contributed by atoms with van der Waals surface area (Å²) in [5.41, 5.74) is 0.634. The number of carboxylic acids is 1. The molecule has 0 bridgehead atoms. The van der Waals surface area contributed by atoms with E-state index in [4.69, 9.17) is 9.84 Å². The maximum atomic E-state index is 13.3. The summed E-state index contributed by atoms with van der Waals surface area (Å²) in [5, 5.41) is 8.82. The molecule has 0 aliphatic heterocycles. The van der Waals surface area contributed by atoms with Gasteiger partial charge in [-0.2, -0.15) is 0 Å². The second-order valence-corrected chi connectivity index (χ2v) is 4.68. The lowest BCUT2D eigenvalue weighted by Gasteiger charge is -2.08. The SMILES string of the molecule is Cc1cc(C(=O)O)cnc1Oc1ccc(Br)c(F)c1. The molecule has 0 unspecified atom stereocenters. The van der Waals surface area contributed by atoms with Crippen molar-refractivity contribution < 1.29 is 19.0 Å². The number of benzene rings is 1. The van der Waals surface area contributed by atoms with Crippen LogP contribution in [-0.2, 0) is 0 Å². The number of ether oxygens (including phenoxy) is 1. The largest absolute Gasteiger partial charge is 0.478 e. The summed E-state index contributed by atoms with van der Waals surface area (Å²) >= 11 is 3.04. The Morgan fingerprint density at radius 2 is 2.16 bits per heavy atom. The zero-order valence-corrected chi connectivity index (χ0v) is 11.4. The van der Waals surface area contributed by atoms with Crippen LogP contribution in [0.3, 0.4) is 0 Å². The minimum Gasteiger partial charge on any atom is -0.478 e. The van der Waals surface area contributed by atoms with Gasteiger partial charge in [0, 0.05) is 17.8 Å².